The maximum atomic E-state index is 13.4. The first-order chi connectivity index (χ1) is 16.6. The summed E-state index contributed by atoms with van der Waals surface area (Å²) in [7, 11) is 0. The molecule has 0 spiro atoms. The summed E-state index contributed by atoms with van der Waals surface area (Å²) < 4.78 is 19.5. The van der Waals surface area contributed by atoms with Gasteiger partial charge in [-0.2, -0.15) is 0 Å². The molecule has 0 aliphatic heterocycles. The summed E-state index contributed by atoms with van der Waals surface area (Å²) in [5.41, 5.74) is 11.8. The van der Waals surface area contributed by atoms with E-state index in [1.165, 1.54) is 12.1 Å². The van der Waals surface area contributed by atoms with Crippen molar-refractivity contribution >= 4 is 17.3 Å². The van der Waals surface area contributed by atoms with Crippen LogP contribution in [0.3, 0.4) is 0 Å². The largest absolute Gasteiger partial charge is 0.455 e. The maximum Gasteiger partial charge on any atom is 0.154 e. The highest BCUT2D eigenvalue weighted by Crippen LogP contribution is 2.37. The Morgan fingerprint density at radius 2 is 1.94 bits per heavy atom. The van der Waals surface area contributed by atoms with Crippen molar-refractivity contribution < 1.29 is 13.6 Å². The molecule has 0 radical (unpaired) electrons. The van der Waals surface area contributed by atoms with Gasteiger partial charge in [0.05, 0.1) is 11.6 Å². The minimum Gasteiger partial charge on any atom is -0.455 e. The molecule has 4 nitrogen and oxygen atoms in total. The number of hydrogen-bond acceptors (Lipinski definition) is 4. The lowest BCUT2D eigenvalue weighted by atomic mass is 9.93. The molecule has 1 heterocycles. The fourth-order valence-electron chi connectivity index (χ4n) is 4.18. The van der Waals surface area contributed by atoms with Crippen molar-refractivity contribution in [2.24, 2.45) is 5.73 Å². The number of rotatable bonds is 9. The molecule has 0 fully saturated rings. The molecular formula is C29H27FN2O2. The summed E-state index contributed by atoms with van der Waals surface area (Å²) in [4.78, 5) is 12.1. The highest BCUT2D eigenvalue weighted by molar-refractivity contribution is 6.04. The van der Waals surface area contributed by atoms with Crippen LogP contribution < -0.4 is 11.1 Å². The zero-order valence-electron chi connectivity index (χ0n) is 19.1. The third-order valence-electron chi connectivity index (χ3n) is 5.99. The monoisotopic (exact) mass is 454 g/mol. The number of carbonyl (C=O) groups excluding carboxylic acids is 1. The molecule has 1 aromatic heterocycles. The molecule has 4 aromatic rings. The minimum atomic E-state index is -0.345. The normalized spacial score (nSPS) is 11.9. The number of benzene rings is 3. The molecule has 0 amide bonds. The highest BCUT2D eigenvalue weighted by atomic mass is 19.1. The fraction of sp³-hybridized carbons (Fsp3) is 0.207. The van der Waals surface area contributed by atoms with E-state index in [-0.39, 0.29) is 11.9 Å². The van der Waals surface area contributed by atoms with Gasteiger partial charge in [-0.15, -0.1) is 6.42 Å². The summed E-state index contributed by atoms with van der Waals surface area (Å²) in [6.45, 7) is 3.19. The Labute approximate surface area is 199 Å². The van der Waals surface area contributed by atoms with Gasteiger partial charge in [0.15, 0.2) is 6.29 Å². The number of hydrogen-bond donors (Lipinski definition) is 2. The third-order valence-corrected chi connectivity index (χ3v) is 5.99. The van der Waals surface area contributed by atoms with Gasteiger partial charge in [-0.05, 0) is 84.1 Å². The first-order valence-corrected chi connectivity index (χ1v) is 11.4. The van der Waals surface area contributed by atoms with E-state index in [9.17, 15) is 9.18 Å². The van der Waals surface area contributed by atoms with Crippen LogP contribution in [-0.4, -0.2) is 18.9 Å². The van der Waals surface area contributed by atoms with Gasteiger partial charge in [0.25, 0.3) is 0 Å². The van der Waals surface area contributed by atoms with E-state index in [0.717, 1.165) is 35.0 Å². The average Bonchev–Trinajstić information content (AvgIpc) is 3.22. The van der Waals surface area contributed by atoms with Gasteiger partial charge >= 0.3 is 0 Å². The molecule has 4 rings (SSSR count). The standard InChI is InChI=1S/C29H27FN2O2/c1-3-24(4-2)32-17-19-6-5-7-21(14-19)25-16-26-27(18-33)29(20-8-10-23(30)11-9-20)34-28(26)15-22(25)12-13-31/h1,5-11,14-16,18,24,32H,4,12-13,17,31H2,2H3. The summed E-state index contributed by atoms with van der Waals surface area (Å²) in [6.07, 6.45) is 7.88. The van der Waals surface area contributed by atoms with Crippen LogP contribution in [-0.2, 0) is 13.0 Å². The number of furan rings is 1. The van der Waals surface area contributed by atoms with Gasteiger partial charge in [0.2, 0.25) is 0 Å². The number of halogens is 1. The van der Waals surface area contributed by atoms with Crippen molar-refractivity contribution in [3.05, 3.63) is 83.2 Å². The molecule has 0 aliphatic rings. The van der Waals surface area contributed by atoms with Crippen LogP contribution in [0.25, 0.3) is 33.4 Å². The molecule has 0 saturated carbocycles. The number of nitrogens with two attached hydrogens (primary N) is 1. The van der Waals surface area contributed by atoms with Crippen LogP contribution in [0.4, 0.5) is 4.39 Å². The second-order valence-electron chi connectivity index (χ2n) is 8.22. The average molecular weight is 455 g/mol. The van der Waals surface area contributed by atoms with Gasteiger partial charge in [-0.3, -0.25) is 10.1 Å². The smallest absolute Gasteiger partial charge is 0.154 e. The van der Waals surface area contributed by atoms with Gasteiger partial charge in [-0.1, -0.05) is 31.0 Å². The van der Waals surface area contributed by atoms with E-state index in [0.29, 0.717) is 47.4 Å². The first kappa shape index (κ1) is 23.4. The van der Waals surface area contributed by atoms with Crippen molar-refractivity contribution in [2.75, 3.05) is 6.54 Å². The van der Waals surface area contributed by atoms with Crippen LogP contribution in [0.5, 0.6) is 0 Å². The number of aldehydes is 1. The van der Waals surface area contributed by atoms with E-state index in [2.05, 4.69) is 30.3 Å². The molecule has 3 N–H and O–H groups in total. The lowest BCUT2D eigenvalue weighted by Gasteiger charge is -2.13. The third kappa shape index (κ3) is 4.79. The van der Waals surface area contributed by atoms with E-state index < -0.39 is 0 Å². The summed E-state index contributed by atoms with van der Waals surface area (Å²) in [6, 6.07) is 18.1. The Balaban J connectivity index is 1.80. The van der Waals surface area contributed by atoms with E-state index in [1.54, 1.807) is 12.1 Å². The molecule has 3 aromatic carbocycles. The van der Waals surface area contributed by atoms with Crippen LogP contribution in [0.1, 0.15) is 34.8 Å². The molecule has 0 aliphatic carbocycles. The lowest BCUT2D eigenvalue weighted by Crippen LogP contribution is -2.26. The molecule has 5 heteroatoms. The van der Waals surface area contributed by atoms with Gasteiger partial charge < -0.3 is 10.2 Å². The van der Waals surface area contributed by atoms with Gasteiger partial charge in [0.1, 0.15) is 17.2 Å². The molecule has 0 saturated heterocycles. The first-order valence-electron chi connectivity index (χ1n) is 11.4. The Morgan fingerprint density at radius 1 is 1.15 bits per heavy atom. The molecule has 1 unspecified atom stereocenters. The van der Waals surface area contributed by atoms with Crippen molar-refractivity contribution in [3.63, 3.8) is 0 Å². The summed E-state index contributed by atoms with van der Waals surface area (Å²) in [5, 5.41) is 4.10. The predicted octanol–water partition coefficient (Wildman–Crippen LogP) is 5.72. The van der Waals surface area contributed by atoms with Crippen molar-refractivity contribution in [3.8, 4) is 34.8 Å². The van der Waals surface area contributed by atoms with Crippen molar-refractivity contribution in [1.29, 1.82) is 0 Å². The molecular weight excluding hydrogens is 427 g/mol. The molecule has 34 heavy (non-hydrogen) atoms. The topological polar surface area (TPSA) is 68.3 Å². The maximum absolute atomic E-state index is 13.4. The number of terminal acetylenes is 1. The fourth-order valence-corrected chi connectivity index (χ4v) is 4.18. The van der Waals surface area contributed by atoms with Gasteiger partial charge in [-0.25, -0.2) is 4.39 Å². The molecule has 172 valence electrons. The Morgan fingerprint density at radius 3 is 2.62 bits per heavy atom. The van der Waals surface area contributed by atoms with Crippen molar-refractivity contribution in [2.45, 2.75) is 32.4 Å². The second-order valence-corrected chi connectivity index (χ2v) is 8.22. The zero-order valence-corrected chi connectivity index (χ0v) is 19.1. The minimum absolute atomic E-state index is 0.0266. The lowest BCUT2D eigenvalue weighted by molar-refractivity contribution is 0.112. The van der Waals surface area contributed by atoms with Crippen LogP contribution in [0.15, 0.2) is 65.1 Å². The Bertz CT molecular complexity index is 1350. The van der Waals surface area contributed by atoms with E-state index in [1.807, 2.05) is 24.3 Å². The Kier molecular flexibility index (Phi) is 7.22. The van der Waals surface area contributed by atoms with Gasteiger partial charge in [0, 0.05) is 17.5 Å². The van der Waals surface area contributed by atoms with E-state index in [4.69, 9.17) is 16.6 Å². The quantitative estimate of drug-likeness (QED) is 0.251. The molecule has 0 bridgehead atoms. The highest BCUT2D eigenvalue weighted by Gasteiger charge is 2.19. The SMILES string of the molecule is C#CC(CC)NCc1cccc(-c2cc3c(C=O)c(-c4ccc(F)cc4)oc3cc2CCN)c1. The van der Waals surface area contributed by atoms with Crippen LogP contribution >= 0.6 is 0 Å². The Hall–Kier alpha value is -3.72. The second kappa shape index (κ2) is 10.5. The van der Waals surface area contributed by atoms with Crippen LogP contribution in [0, 0.1) is 18.2 Å². The van der Waals surface area contributed by atoms with E-state index >= 15 is 0 Å². The van der Waals surface area contributed by atoms with Crippen molar-refractivity contribution in [1.82, 2.24) is 5.32 Å². The summed E-state index contributed by atoms with van der Waals surface area (Å²) >= 11 is 0. The summed E-state index contributed by atoms with van der Waals surface area (Å²) in [5.74, 6) is 2.84. The number of fused-ring (bicyclic) bond motifs is 1. The van der Waals surface area contributed by atoms with Crippen LogP contribution in [0.2, 0.25) is 0 Å². The number of carbonyl (C=O) groups is 1. The number of nitrogens with one attached hydrogen (secondary N) is 1. The molecule has 1 atom stereocenters. The predicted molar refractivity (Wildman–Crippen MR) is 135 cm³/mol. The zero-order chi connectivity index (χ0) is 24.1.